The van der Waals surface area contributed by atoms with Gasteiger partial charge in [-0.15, -0.1) is 0 Å². The van der Waals surface area contributed by atoms with Gasteiger partial charge in [0.05, 0.1) is 6.61 Å². The van der Waals surface area contributed by atoms with E-state index in [1.54, 1.807) is 0 Å². The number of carbonyl (C=O) groups is 2. The predicted octanol–water partition coefficient (Wildman–Crippen LogP) is 14.9. The topological polar surface area (TPSA) is 76.1 Å². The lowest BCUT2D eigenvalue weighted by Crippen LogP contribution is -2.31. The largest absolute Gasteiger partial charge is 0.466 e. The zero-order chi connectivity index (χ0) is 41.2. The normalized spacial score (nSPS) is 11.9. The van der Waals surface area contributed by atoms with E-state index in [1.807, 2.05) is 0 Å². The summed E-state index contributed by atoms with van der Waals surface area (Å²) in [7, 11) is 0. The van der Waals surface area contributed by atoms with Crippen LogP contribution in [0.4, 0.5) is 0 Å². The molecule has 1 N–H and O–H groups in total. The first-order chi connectivity index (χ1) is 27.3. The third kappa shape index (κ3) is 39.7. The van der Waals surface area contributed by atoms with Gasteiger partial charge in [-0.3, -0.25) is 9.59 Å². The molecule has 0 aliphatic rings. The molecular weight excluding hydrogens is 695 g/mol. The molecule has 0 aromatic rings. The number of aliphatic hydroxyl groups is 1. The summed E-state index contributed by atoms with van der Waals surface area (Å²) >= 11 is 0. The monoisotopic (exact) mass is 794 g/mol. The van der Waals surface area contributed by atoms with Crippen molar-refractivity contribution >= 4 is 11.9 Å². The summed E-state index contributed by atoms with van der Waals surface area (Å²) in [6, 6.07) is 0. The van der Waals surface area contributed by atoms with Crippen LogP contribution in [0.5, 0.6) is 0 Å². The lowest BCUT2D eigenvalue weighted by molar-refractivity contribution is -0.150. The highest BCUT2D eigenvalue weighted by atomic mass is 16.5. The molecular formula is C50H99NO5. The van der Waals surface area contributed by atoms with E-state index in [4.69, 9.17) is 9.47 Å². The Morgan fingerprint density at radius 1 is 0.482 bits per heavy atom. The maximum atomic E-state index is 12.8. The third-order valence-electron chi connectivity index (χ3n) is 11.9. The van der Waals surface area contributed by atoms with Gasteiger partial charge >= 0.3 is 11.9 Å². The summed E-state index contributed by atoms with van der Waals surface area (Å²) in [5.74, 6) is -0.00891. The summed E-state index contributed by atoms with van der Waals surface area (Å²) in [5.41, 5.74) is 0.231. The van der Waals surface area contributed by atoms with Crippen LogP contribution in [0.25, 0.3) is 0 Å². The van der Waals surface area contributed by atoms with E-state index >= 15 is 0 Å². The molecule has 0 aliphatic heterocycles. The Morgan fingerprint density at radius 3 is 1.45 bits per heavy atom. The minimum atomic E-state index is -0.0299. The minimum Gasteiger partial charge on any atom is -0.466 e. The van der Waals surface area contributed by atoms with Gasteiger partial charge in [0.15, 0.2) is 0 Å². The van der Waals surface area contributed by atoms with Gasteiger partial charge in [0.1, 0.15) is 6.10 Å². The van der Waals surface area contributed by atoms with Crippen molar-refractivity contribution in [3.63, 3.8) is 0 Å². The smallest absolute Gasteiger partial charge is 0.306 e. The van der Waals surface area contributed by atoms with Crippen molar-refractivity contribution in [3.8, 4) is 0 Å². The Hall–Kier alpha value is -1.14. The molecule has 56 heavy (non-hydrogen) atoms. The number of nitrogens with zero attached hydrogens (tertiary/aromatic N) is 1. The molecule has 0 rings (SSSR count). The van der Waals surface area contributed by atoms with Crippen LogP contribution in [-0.4, -0.2) is 60.9 Å². The minimum absolute atomic E-state index is 0.0210. The summed E-state index contributed by atoms with van der Waals surface area (Å²) in [5, 5.41) is 9.51. The molecule has 0 radical (unpaired) electrons. The Morgan fingerprint density at radius 2 is 0.911 bits per heavy atom. The zero-order valence-corrected chi connectivity index (χ0v) is 38.6. The summed E-state index contributed by atoms with van der Waals surface area (Å²) in [6.45, 7) is 15.4. The zero-order valence-electron chi connectivity index (χ0n) is 38.6. The predicted molar refractivity (Wildman–Crippen MR) is 241 cm³/mol. The molecule has 0 atom stereocenters. The van der Waals surface area contributed by atoms with E-state index in [2.05, 4.69) is 39.5 Å². The van der Waals surface area contributed by atoms with Crippen LogP contribution in [0.1, 0.15) is 266 Å². The lowest BCUT2D eigenvalue weighted by Gasteiger charge is -2.29. The SMILES string of the molecule is CCCCCCCCCCOC(=O)CCCCC(C)(C)CCN(CCCO)CCCCCCCC(=O)OC(CCCCCCCCC)CCCCCCCCC. The Kier molecular flexibility index (Phi) is 41.1. The van der Waals surface area contributed by atoms with Gasteiger partial charge < -0.3 is 19.5 Å². The fraction of sp³-hybridized carbons (Fsp3) is 0.960. The van der Waals surface area contributed by atoms with Gasteiger partial charge in [-0.1, -0.05) is 182 Å². The molecule has 0 spiro atoms. The van der Waals surface area contributed by atoms with Crippen molar-refractivity contribution in [2.75, 3.05) is 32.8 Å². The van der Waals surface area contributed by atoms with Crippen LogP contribution in [0, 0.1) is 5.41 Å². The Balaban J connectivity index is 4.26. The van der Waals surface area contributed by atoms with Crippen molar-refractivity contribution in [2.45, 2.75) is 272 Å². The average molecular weight is 794 g/mol. The van der Waals surface area contributed by atoms with Crippen LogP contribution < -0.4 is 0 Å². The number of hydrogen-bond donors (Lipinski definition) is 1. The summed E-state index contributed by atoms with van der Waals surface area (Å²) in [6.07, 6.45) is 42.1. The second-order valence-corrected chi connectivity index (χ2v) is 18.2. The highest BCUT2D eigenvalue weighted by Gasteiger charge is 2.20. The van der Waals surface area contributed by atoms with E-state index < -0.39 is 0 Å². The first-order valence-corrected chi connectivity index (χ1v) is 25.0. The number of esters is 2. The van der Waals surface area contributed by atoms with E-state index in [0.717, 1.165) is 96.7 Å². The summed E-state index contributed by atoms with van der Waals surface area (Å²) in [4.78, 5) is 27.6. The van der Waals surface area contributed by atoms with E-state index in [-0.39, 0.29) is 30.1 Å². The van der Waals surface area contributed by atoms with E-state index in [1.165, 1.54) is 141 Å². The maximum absolute atomic E-state index is 12.8. The van der Waals surface area contributed by atoms with Crippen molar-refractivity contribution in [2.24, 2.45) is 5.41 Å². The molecule has 0 fully saturated rings. The van der Waals surface area contributed by atoms with Crippen LogP contribution >= 0.6 is 0 Å². The van der Waals surface area contributed by atoms with Crippen molar-refractivity contribution in [3.05, 3.63) is 0 Å². The highest BCUT2D eigenvalue weighted by molar-refractivity contribution is 5.69. The Bertz CT molecular complexity index is 814. The highest BCUT2D eigenvalue weighted by Crippen LogP contribution is 2.28. The summed E-state index contributed by atoms with van der Waals surface area (Å²) < 4.78 is 11.6. The number of aliphatic hydroxyl groups excluding tert-OH is 1. The second kappa shape index (κ2) is 42.0. The first-order valence-electron chi connectivity index (χ1n) is 25.0. The fourth-order valence-electron chi connectivity index (χ4n) is 7.88. The van der Waals surface area contributed by atoms with E-state index in [0.29, 0.717) is 19.4 Å². The van der Waals surface area contributed by atoms with Gasteiger partial charge in [-0.25, -0.2) is 0 Å². The number of hydrogen-bond acceptors (Lipinski definition) is 6. The van der Waals surface area contributed by atoms with Crippen LogP contribution in [-0.2, 0) is 19.1 Å². The molecule has 0 saturated carbocycles. The first kappa shape index (κ1) is 54.9. The molecule has 0 saturated heterocycles. The molecule has 0 amide bonds. The molecule has 0 aromatic heterocycles. The van der Waals surface area contributed by atoms with Gasteiger partial charge in [-0.05, 0) is 89.1 Å². The number of rotatable bonds is 45. The molecule has 334 valence electrons. The maximum Gasteiger partial charge on any atom is 0.306 e. The molecule has 0 bridgehead atoms. The number of unbranched alkanes of at least 4 members (excludes halogenated alkanes) is 24. The molecule has 0 unspecified atom stereocenters. The Labute approximate surface area is 350 Å². The third-order valence-corrected chi connectivity index (χ3v) is 11.9. The van der Waals surface area contributed by atoms with Crippen LogP contribution in [0.3, 0.4) is 0 Å². The lowest BCUT2D eigenvalue weighted by atomic mass is 9.83. The van der Waals surface area contributed by atoms with Crippen LogP contribution in [0.2, 0.25) is 0 Å². The van der Waals surface area contributed by atoms with Gasteiger partial charge in [0.2, 0.25) is 0 Å². The second-order valence-electron chi connectivity index (χ2n) is 18.2. The van der Waals surface area contributed by atoms with Crippen molar-refractivity contribution < 1.29 is 24.2 Å². The van der Waals surface area contributed by atoms with Gasteiger partial charge in [0, 0.05) is 26.0 Å². The van der Waals surface area contributed by atoms with Gasteiger partial charge in [-0.2, -0.15) is 0 Å². The van der Waals surface area contributed by atoms with Gasteiger partial charge in [0.25, 0.3) is 0 Å². The quantitative estimate of drug-likeness (QED) is 0.0489. The van der Waals surface area contributed by atoms with Crippen molar-refractivity contribution in [1.29, 1.82) is 0 Å². The number of carbonyl (C=O) groups excluding carboxylic acids is 2. The van der Waals surface area contributed by atoms with E-state index in [9.17, 15) is 14.7 Å². The molecule has 6 nitrogen and oxygen atoms in total. The van der Waals surface area contributed by atoms with Crippen LogP contribution in [0.15, 0.2) is 0 Å². The number of ether oxygens (including phenoxy) is 2. The fourth-order valence-corrected chi connectivity index (χ4v) is 7.88. The molecule has 0 heterocycles. The average Bonchev–Trinajstić information content (AvgIpc) is 3.18. The molecule has 0 aromatic carbocycles. The molecule has 6 heteroatoms. The van der Waals surface area contributed by atoms with Crippen molar-refractivity contribution in [1.82, 2.24) is 4.90 Å². The standard InChI is InChI=1S/C50H99NO5/c1-6-9-12-15-18-21-27-34-46-55-48(53)38-31-32-40-50(4,5)41-44-51(43-35-45-52)42-33-26-22-25-30-39-49(54)56-47(36-28-23-19-16-13-10-7-2)37-29-24-20-17-14-11-8-3/h47,52H,6-46H2,1-5H3. The molecule has 0 aliphatic carbocycles.